The Hall–Kier alpha value is -1.77. The monoisotopic (exact) mass is 185 g/mol. The van der Waals surface area contributed by atoms with E-state index in [1.807, 2.05) is 18.5 Å². The third-order valence-electron chi connectivity index (χ3n) is 2.67. The molecule has 2 aromatic heterocycles. The van der Waals surface area contributed by atoms with E-state index in [-0.39, 0.29) is 0 Å². The molecule has 0 amide bonds. The van der Waals surface area contributed by atoms with Crippen molar-refractivity contribution in [2.75, 3.05) is 11.9 Å². The first-order valence-electron chi connectivity index (χ1n) is 4.69. The van der Waals surface area contributed by atoms with Gasteiger partial charge in [-0.05, 0) is 18.2 Å². The van der Waals surface area contributed by atoms with Crippen molar-refractivity contribution >= 4 is 5.82 Å². The van der Waals surface area contributed by atoms with Crippen molar-refractivity contribution in [3.63, 3.8) is 0 Å². The Balaban J connectivity index is 2.30. The maximum Gasteiger partial charge on any atom is 0.136 e. The maximum atomic E-state index is 4.39. The van der Waals surface area contributed by atoms with E-state index in [0.29, 0.717) is 0 Å². The van der Waals surface area contributed by atoms with Gasteiger partial charge in [0.15, 0.2) is 0 Å². The lowest BCUT2D eigenvalue weighted by atomic mass is 10.0. The Morgan fingerprint density at radius 3 is 3.21 bits per heavy atom. The molecular formula is C11H11N3. The Bertz CT molecular complexity index is 473. The van der Waals surface area contributed by atoms with E-state index < -0.39 is 0 Å². The number of nitrogens with zero attached hydrogens (tertiary/aromatic N) is 2. The molecule has 1 aliphatic rings. The van der Waals surface area contributed by atoms with Gasteiger partial charge in [0.25, 0.3) is 0 Å². The molecule has 0 radical (unpaired) electrons. The van der Waals surface area contributed by atoms with Crippen molar-refractivity contribution in [1.29, 1.82) is 0 Å². The normalized spacial score (nSPS) is 13.6. The second-order valence-electron chi connectivity index (χ2n) is 3.60. The highest BCUT2D eigenvalue weighted by Gasteiger charge is 2.20. The number of fused-ring (bicyclic) bond motifs is 3. The van der Waals surface area contributed by atoms with Crippen LogP contribution in [0.25, 0.3) is 11.1 Å². The first-order valence-corrected chi connectivity index (χ1v) is 4.69. The topological polar surface area (TPSA) is 31.9 Å². The average molecular weight is 185 g/mol. The fourth-order valence-electron chi connectivity index (χ4n) is 2.01. The molecule has 0 fully saturated rings. The Kier molecular flexibility index (Phi) is 1.42. The van der Waals surface area contributed by atoms with Crippen molar-refractivity contribution in [1.82, 2.24) is 9.97 Å². The molecule has 0 atom stereocenters. The van der Waals surface area contributed by atoms with Gasteiger partial charge < -0.3 is 9.88 Å². The number of aromatic nitrogens is 2. The molecule has 3 heteroatoms. The second kappa shape index (κ2) is 2.61. The zero-order valence-electron chi connectivity index (χ0n) is 7.99. The van der Waals surface area contributed by atoms with E-state index >= 15 is 0 Å². The maximum absolute atomic E-state index is 4.39. The summed E-state index contributed by atoms with van der Waals surface area (Å²) in [6.07, 6.45) is 3.83. The van der Waals surface area contributed by atoms with Gasteiger partial charge in [-0.25, -0.2) is 4.98 Å². The third-order valence-corrected chi connectivity index (χ3v) is 2.67. The fourth-order valence-corrected chi connectivity index (χ4v) is 2.01. The first kappa shape index (κ1) is 7.62. The Labute approximate surface area is 82.4 Å². The van der Waals surface area contributed by atoms with Gasteiger partial charge in [-0.3, -0.25) is 0 Å². The smallest absolute Gasteiger partial charge is 0.136 e. The number of aromatic amines is 1. The van der Waals surface area contributed by atoms with Crippen LogP contribution in [-0.4, -0.2) is 17.0 Å². The number of nitrogens with one attached hydrogen (secondary N) is 1. The highest BCUT2D eigenvalue weighted by molar-refractivity contribution is 5.80. The summed E-state index contributed by atoms with van der Waals surface area (Å²) in [6.45, 7) is 0.909. The lowest BCUT2D eigenvalue weighted by molar-refractivity contribution is 0.862. The number of hydrogen-bond donors (Lipinski definition) is 1. The van der Waals surface area contributed by atoms with Gasteiger partial charge in [-0.15, -0.1) is 0 Å². The van der Waals surface area contributed by atoms with Crippen LogP contribution in [0.5, 0.6) is 0 Å². The van der Waals surface area contributed by atoms with E-state index in [2.05, 4.69) is 34.0 Å². The van der Waals surface area contributed by atoms with Gasteiger partial charge in [0.2, 0.25) is 0 Å². The zero-order chi connectivity index (χ0) is 9.54. The van der Waals surface area contributed by atoms with Crippen molar-refractivity contribution in [3.8, 4) is 11.1 Å². The molecule has 3 rings (SSSR count). The quantitative estimate of drug-likeness (QED) is 0.681. The molecule has 0 aromatic carbocycles. The highest BCUT2D eigenvalue weighted by atomic mass is 15.2. The number of H-pyrrole nitrogens is 1. The SMILES string of the molecule is CN1Cc2[nH]ccc2-c2cccnc21. The molecule has 0 bridgehead atoms. The van der Waals surface area contributed by atoms with Crippen LogP contribution in [0.15, 0.2) is 30.6 Å². The van der Waals surface area contributed by atoms with Gasteiger partial charge >= 0.3 is 0 Å². The van der Waals surface area contributed by atoms with E-state index in [1.165, 1.54) is 16.8 Å². The molecule has 0 saturated carbocycles. The van der Waals surface area contributed by atoms with Gasteiger partial charge in [0, 0.05) is 36.3 Å². The lowest BCUT2D eigenvalue weighted by Gasteiger charge is -2.25. The predicted molar refractivity (Wildman–Crippen MR) is 56.1 cm³/mol. The molecule has 0 aliphatic carbocycles. The summed E-state index contributed by atoms with van der Waals surface area (Å²) < 4.78 is 0. The van der Waals surface area contributed by atoms with E-state index in [0.717, 1.165) is 12.4 Å². The lowest BCUT2D eigenvalue weighted by Crippen LogP contribution is -2.22. The molecule has 0 saturated heterocycles. The summed E-state index contributed by atoms with van der Waals surface area (Å²) >= 11 is 0. The summed E-state index contributed by atoms with van der Waals surface area (Å²) in [4.78, 5) is 9.81. The largest absolute Gasteiger partial charge is 0.363 e. The molecule has 1 aliphatic heterocycles. The van der Waals surface area contributed by atoms with Gasteiger partial charge in [0.1, 0.15) is 5.82 Å². The minimum atomic E-state index is 0.909. The van der Waals surface area contributed by atoms with Crippen LogP contribution in [-0.2, 0) is 6.54 Å². The molecular weight excluding hydrogens is 174 g/mol. The molecule has 0 unspecified atom stereocenters. The zero-order valence-corrected chi connectivity index (χ0v) is 7.99. The number of anilines is 1. The molecule has 3 heterocycles. The van der Waals surface area contributed by atoms with Crippen molar-refractivity contribution in [2.24, 2.45) is 0 Å². The van der Waals surface area contributed by atoms with Crippen molar-refractivity contribution in [3.05, 3.63) is 36.3 Å². The molecule has 70 valence electrons. The van der Waals surface area contributed by atoms with Crippen LogP contribution in [0.4, 0.5) is 5.82 Å². The van der Waals surface area contributed by atoms with Gasteiger partial charge in [-0.1, -0.05) is 0 Å². The van der Waals surface area contributed by atoms with Crippen LogP contribution in [0, 0.1) is 0 Å². The van der Waals surface area contributed by atoms with Crippen molar-refractivity contribution < 1.29 is 0 Å². The Morgan fingerprint density at radius 2 is 2.29 bits per heavy atom. The summed E-state index contributed by atoms with van der Waals surface area (Å²) in [5.74, 6) is 1.07. The summed E-state index contributed by atoms with van der Waals surface area (Å²) in [5.41, 5.74) is 3.77. The highest BCUT2D eigenvalue weighted by Crippen LogP contribution is 2.35. The first-order chi connectivity index (χ1) is 6.86. The molecule has 2 aromatic rings. The van der Waals surface area contributed by atoms with E-state index in [4.69, 9.17) is 0 Å². The van der Waals surface area contributed by atoms with Gasteiger partial charge in [0.05, 0.1) is 6.54 Å². The minimum Gasteiger partial charge on any atom is -0.363 e. The van der Waals surface area contributed by atoms with Crippen LogP contribution < -0.4 is 4.90 Å². The molecule has 3 nitrogen and oxygen atoms in total. The fraction of sp³-hybridized carbons (Fsp3) is 0.182. The standard InChI is InChI=1S/C11H11N3/c1-14-7-10-8(4-6-12-10)9-3-2-5-13-11(9)14/h2-6,12H,7H2,1H3. The van der Waals surface area contributed by atoms with Crippen molar-refractivity contribution in [2.45, 2.75) is 6.54 Å². The molecule has 0 spiro atoms. The molecule has 14 heavy (non-hydrogen) atoms. The molecule has 1 N–H and O–H groups in total. The number of rotatable bonds is 0. The van der Waals surface area contributed by atoms with Crippen LogP contribution in [0.1, 0.15) is 5.69 Å². The van der Waals surface area contributed by atoms with Crippen LogP contribution >= 0.6 is 0 Å². The number of pyridine rings is 1. The Morgan fingerprint density at radius 1 is 1.36 bits per heavy atom. The predicted octanol–water partition coefficient (Wildman–Crippen LogP) is 2.03. The van der Waals surface area contributed by atoms with E-state index in [9.17, 15) is 0 Å². The number of hydrogen-bond acceptors (Lipinski definition) is 2. The van der Waals surface area contributed by atoms with E-state index in [1.54, 1.807) is 0 Å². The average Bonchev–Trinajstić information content (AvgIpc) is 2.66. The summed E-state index contributed by atoms with van der Waals surface area (Å²) in [6, 6.07) is 6.21. The summed E-state index contributed by atoms with van der Waals surface area (Å²) in [5, 5.41) is 0. The minimum absolute atomic E-state index is 0.909. The van der Waals surface area contributed by atoms with Crippen LogP contribution in [0.2, 0.25) is 0 Å². The second-order valence-corrected chi connectivity index (χ2v) is 3.60. The van der Waals surface area contributed by atoms with Crippen LogP contribution in [0.3, 0.4) is 0 Å². The summed E-state index contributed by atoms with van der Waals surface area (Å²) in [7, 11) is 2.07. The third kappa shape index (κ3) is 0.894. The van der Waals surface area contributed by atoms with Gasteiger partial charge in [-0.2, -0.15) is 0 Å².